The van der Waals surface area contributed by atoms with Gasteiger partial charge in [0.1, 0.15) is 0 Å². The zero-order valence-corrected chi connectivity index (χ0v) is 17.9. The summed E-state index contributed by atoms with van der Waals surface area (Å²) in [6, 6.07) is 5.74. The number of β-amino-alcohol motifs (C(OH)–C–C–N with tert-alkyl or cyclic N) is 1. The molecule has 1 fully saturated rings. The number of urea groups is 1. The number of rotatable bonds is 6. The summed E-state index contributed by atoms with van der Waals surface area (Å²) >= 11 is 0. The Morgan fingerprint density at radius 1 is 1.25 bits per heavy atom. The molecule has 12 heteroatoms. The molecule has 0 aliphatic carbocycles. The molecule has 4 N–H and O–H groups in total. The van der Waals surface area contributed by atoms with Crippen LogP contribution in [0.3, 0.4) is 0 Å². The Kier molecular flexibility index (Phi) is 5.80. The number of benzene rings is 1. The molecule has 1 saturated heterocycles. The van der Waals surface area contributed by atoms with Gasteiger partial charge in [-0.2, -0.15) is 0 Å². The minimum Gasteiger partial charge on any atom is -0.493 e. The zero-order valence-electron chi connectivity index (χ0n) is 17.9. The second-order valence-corrected chi connectivity index (χ2v) is 7.95. The number of hydrogen-bond acceptors (Lipinski definition) is 9. The van der Waals surface area contributed by atoms with E-state index in [4.69, 9.17) is 4.74 Å². The van der Waals surface area contributed by atoms with Crippen LogP contribution in [-0.4, -0.2) is 87.5 Å². The number of aromatic nitrogens is 1. The largest absolute Gasteiger partial charge is 0.493 e. The molecule has 12 nitrogen and oxygen atoms in total. The van der Waals surface area contributed by atoms with Crippen molar-refractivity contribution >= 4 is 34.5 Å². The molecule has 1 aromatic heterocycles. The molecule has 170 valence electrons. The van der Waals surface area contributed by atoms with Crippen LogP contribution in [0.5, 0.6) is 5.88 Å². The molecule has 2 aliphatic heterocycles. The molecule has 3 unspecified atom stereocenters. The van der Waals surface area contributed by atoms with Crippen molar-refractivity contribution in [2.45, 2.75) is 38.3 Å². The standard InChI is InChI=1S/C20H25N7O5/c1-10(2)32-9-11(28)8-27-15-16(26(3)20(31)23-18(15)30)22-19(27)25-24-14-12-6-4-5-7-13(12)21-17(14)29/h4-7,10-11,15-16,21,28-29H,8-9H2,1-3H3,(H,23,30,31). The molecule has 3 heterocycles. The molecule has 0 radical (unpaired) electrons. The van der Waals surface area contributed by atoms with Gasteiger partial charge in [0.2, 0.25) is 11.8 Å². The van der Waals surface area contributed by atoms with Gasteiger partial charge in [-0.15, -0.1) is 10.2 Å². The number of amides is 3. The second kappa shape index (κ2) is 8.55. The number of nitrogens with zero attached hydrogens (tertiary/aromatic N) is 5. The molecule has 2 aromatic rings. The van der Waals surface area contributed by atoms with Crippen LogP contribution in [0.4, 0.5) is 10.5 Å². The number of fused-ring (bicyclic) bond motifs is 2. The van der Waals surface area contributed by atoms with Gasteiger partial charge in [-0.25, -0.2) is 9.79 Å². The number of guanidine groups is 1. The summed E-state index contributed by atoms with van der Waals surface area (Å²) in [5.41, 5.74) is 0.902. The van der Waals surface area contributed by atoms with Crippen LogP contribution in [0.15, 0.2) is 39.5 Å². The lowest BCUT2D eigenvalue weighted by Crippen LogP contribution is -2.64. The Morgan fingerprint density at radius 2 is 2.00 bits per heavy atom. The molecule has 1 aromatic carbocycles. The van der Waals surface area contributed by atoms with Gasteiger partial charge in [0.05, 0.1) is 30.9 Å². The first-order valence-corrected chi connectivity index (χ1v) is 10.2. The second-order valence-electron chi connectivity index (χ2n) is 7.95. The first-order valence-electron chi connectivity index (χ1n) is 10.2. The van der Waals surface area contributed by atoms with Gasteiger partial charge >= 0.3 is 6.03 Å². The first-order chi connectivity index (χ1) is 15.3. The molecular formula is C20H25N7O5. The fraction of sp³-hybridized carbons (Fsp3) is 0.450. The van der Waals surface area contributed by atoms with Crippen LogP contribution >= 0.6 is 0 Å². The minimum atomic E-state index is -0.936. The minimum absolute atomic E-state index is 0.0128. The van der Waals surface area contributed by atoms with Crippen molar-refractivity contribution in [1.82, 2.24) is 20.1 Å². The van der Waals surface area contributed by atoms with E-state index in [0.29, 0.717) is 10.9 Å². The number of ether oxygens (including phenoxy) is 1. The average molecular weight is 443 g/mol. The fourth-order valence-electron chi connectivity index (χ4n) is 3.68. The van der Waals surface area contributed by atoms with Gasteiger partial charge in [0.15, 0.2) is 17.9 Å². The van der Waals surface area contributed by atoms with E-state index in [0.717, 1.165) is 0 Å². The van der Waals surface area contributed by atoms with Crippen LogP contribution < -0.4 is 5.32 Å². The number of carbonyl (C=O) groups excluding carboxylic acids is 2. The maximum atomic E-state index is 12.6. The lowest BCUT2D eigenvalue weighted by Gasteiger charge is -2.36. The number of nitrogens with one attached hydrogen (secondary N) is 2. The van der Waals surface area contributed by atoms with E-state index in [9.17, 15) is 19.8 Å². The highest BCUT2D eigenvalue weighted by molar-refractivity contribution is 6.04. The summed E-state index contributed by atoms with van der Waals surface area (Å²) in [7, 11) is 1.52. The Bertz CT molecular complexity index is 1100. The molecule has 0 saturated carbocycles. The van der Waals surface area contributed by atoms with Gasteiger partial charge in [-0.1, -0.05) is 18.2 Å². The normalized spacial score (nSPS) is 22.1. The van der Waals surface area contributed by atoms with Crippen molar-refractivity contribution in [1.29, 1.82) is 0 Å². The molecule has 0 bridgehead atoms. The van der Waals surface area contributed by atoms with Crippen LogP contribution in [0.1, 0.15) is 13.8 Å². The van der Waals surface area contributed by atoms with E-state index in [2.05, 4.69) is 25.5 Å². The smallest absolute Gasteiger partial charge is 0.325 e. The van der Waals surface area contributed by atoms with E-state index in [1.165, 1.54) is 16.8 Å². The van der Waals surface area contributed by atoms with Crippen molar-refractivity contribution in [3.8, 4) is 5.88 Å². The van der Waals surface area contributed by atoms with Crippen LogP contribution in [-0.2, 0) is 9.53 Å². The number of carbonyl (C=O) groups is 2. The number of aromatic amines is 1. The van der Waals surface area contributed by atoms with Gasteiger partial charge in [0.25, 0.3) is 5.91 Å². The predicted octanol–water partition coefficient (Wildman–Crippen LogP) is 1.29. The van der Waals surface area contributed by atoms with E-state index in [1.807, 2.05) is 19.9 Å². The SMILES string of the molecule is CC(C)OCC(O)CN1C(N=Nc2c(O)[nH]c3ccccc23)=NC2C1C(=O)NC(=O)N2C. The fourth-order valence-corrected chi connectivity index (χ4v) is 3.68. The number of azo groups is 1. The number of likely N-dealkylation sites (N-methyl/N-ethyl adjacent to an activating group) is 1. The Balaban J connectivity index is 1.65. The monoisotopic (exact) mass is 443 g/mol. The number of aromatic hydroxyl groups is 1. The number of imide groups is 1. The van der Waals surface area contributed by atoms with Crippen molar-refractivity contribution < 1.29 is 24.5 Å². The maximum absolute atomic E-state index is 12.6. The topological polar surface area (TPSA) is 155 Å². The third kappa shape index (κ3) is 4.01. The van der Waals surface area contributed by atoms with Crippen molar-refractivity contribution in [3.63, 3.8) is 0 Å². The molecule has 0 spiro atoms. The summed E-state index contributed by atoms with van der Waals surface area (Å²) in [6.07, 6.45) is -1.83. The predicted molar refractivity (Wildman–Crippen MR) is 115 cm³/mol. The highest BCUT2D eigenvalue weighted by atomic mass is 16.5. The molecule has 3 amide bonds. The molecular weight excluding hydrogens is 418 g/mol. The summed E-state index contributed by atoms with van der Waals surface area (Å²) in [5, 5.41) is 32.0. The number of aliphatic imine (C=N–C) groups is 1. The third-order valence-corrected chi connectivity index (χ3v) is 5.27. The maximum Gasteiger partial charge on any atom is 0.325 e. The lowest BCUT2D eigenvalue weighted by atomic mass is 10.1. The summed E-state index contributed by atoms with van der Waals surface area (Å²) < 4.78 is 5.46. The van der Waals surface area contributed by atoms with Crippen molar-refractivity contribution in [3.05, 3.63) is 24.3 Å². The van der Waals surface area contributed by atoms with Crippen molar-refractivity contribution in [2.75, 3.05) is 20.2 Å². The third-order valence-electron chi connectivity index (χ3n) is 5.27. The summed E-state index contributed by atoms with van der Waals surface area (Å²) in [6.45, 7) is 3.74. The number of H-pyrrole nitrogens is 1. The number of aliphatic hydroxyl groups is 1. The van der Waals surface area contributed by atoms with Gasteiger partial charge in [-0.3, -0.25) is 10.1 Å². The Hall–Kier alpha value is -3.51. The van der Waals surface area contributed by atoms with E-state index < -0.39 is 30.2 Å². The highest BCUT2D eigenvalue weighted by Gasteiger charge is 2.49. The number of para-hydroxylation sites is 1. The summed E-state index contributed by atoms with van der Waals surface area (Å²) in [5.74, 6) is -0.642. The van der Waals surface area contributed by atoms with Crippen LogP contribution in [0, 0.1) is 0 Å². The quantitative estimate of drug-likeness (QED) is 0.493. The molecule has 4 rings (SSSR count). The van der Waals surface area contributed by atoms with E-state index in [1.54, 1.807) is 18.2 Å². The van der Waals surface area contributed by atoms with Gasteiger partial charge < -0.3 is 29.7 Å². The van der Waals surface area contributed by atoms with Crippen LogP contribution in [0.25, 0.3) is 10.9 Å². The average Bonchev–Trinajstić information content (AvgIpc) is 3.26. The number of aliphatic hydroxyl groups excluding tert-OH is 1. The Morgan fingerprint density at radius 3 is 2.75 bits per heavy atom. The van der Waals surface area contributed by atoms with E-state index >= 15 is 0 Å². The zero-order chi connectivity index (χ0) is 23.0. The molecule has 3 atom stereocenters. The Labute approximate surface area is 183 Å². The van der Waals surface area contributed by atoms with Gasteiger partial charge in [0, 0.05) is 12.4 Å². The molecule has 2 aliphatic rings. The number of hydrogen-bond donors (Lipinski definition) is 4. The van der Waals surface area contributed by atoms with E-state index in [-0.39, 0.29) is 36.8 Å². The lowest BCUT2D eigenvalue weighted by molar-refractivity contribution is -0.127. The summed E-state index contributed by atoms with van der Waals surface area (Å²) in [4.78, 5) is 34.7. The highest BCUT2D eigenvalue weighted by Crippen LogP contribution is 2.35. The molecule has 32 heavy (non-hydrogen) atoms. The van der Waals surface area contributed by atoms with Gasteiger partial charge in [-0.05, 0) is 19.9 Å². The van der Waals surface area contributed by atoms with Crippen molar-refractivity contribution in [2.24, 2.45) is 15.2 Å². The first kappa shape index (κ1) is 21.7. The van der Waals surface area contributed by atoms with Crippen LogP contribution in [0.2, 0.25) is 0 Å².